The van der Waals surface area contributed by atoms with Gasteiger partial charge in [-0.05, 0) is 24.6 Å². The topological polar surface area (TPSA) is 69.8 Å². The van der Waals surface area contributed by atoms with E-state index in [1.807, 2.05) is 12.1 Å². The Labute approximate surface area is 152 Å². The zero-order valence-corrected chi connectivity index (χ0v) is 15.5. The largest absolute Gasteiger partial charge is 0.368 e. The van der Waals surface area contributed by atoms with Gasteiger partial charge in [0.1, 0.15) is 0 Å². The average molecular weight is 363 g/mol. The van der Waals surface area contributed by atoms with Crippen molar-refractivity contribution in [2.45, 2.75) is 20.4 Å². The van der Waals surface area contributed by atoms with Gasteiger partial charge in [-0.3, -0.25) is 4.99 Å². The lowest BCUT2D eigenvalue weighted by Gasteiger charge is -2.38. The van der Waals surface area contributed by atoms with E-state index in [-0.39, 0.29) is 0 Å². The fourth-order valence-electron chi connectivity index (χ4n) is 2.99. The van der Waals surface area contributed by atoms with Gasteiger partial charge >= 0.3 is 0 Å². The Bertz CT molecular complexity index is 751. The first-order valence-electron chi connectivity index (χ1n) is 8.32. The van der Waals surface area contributed by atoms with Crippen molar-refractivity contribution in [2.75, 3.05) is 38.1 Å². The third kappa shape index (κ3) is 4.22. The Morgan fingerprint density at radius 1 is 1.28 bits per heavy atom. The number of hydrogen-bond donors (Lipinski definition) is 1. The minimum Gasteiger partial charge on any atom is -0.368 e. The van der Waals surface area contributed by atoms with Gasteiger partial charge in [0, 0.05) is 50.9 Å². The molecule has 1 N–H and O–H groups in total. The van der Waals surface area contributed by atoms with Crippen LogP contribution in [0.4, 0.5) is 5.69 Å². The molecule has 0 amide bonds. The predicted octanol–water partition coefficient (Wildman–Crippen LogP) is 2.24. The van der Waals surface area contributed by atoms with Gasteiger partial charge in [0.25, 0.3) is 0 Å². The summed E-state index contributed by atoms with van der Waals surface area (Å²) in [4.78, 5) is 13.2. The fraction of sp³-hybridized carbons (Fsp3) is 0.471. The molecule has 0 radical (unpaired) electrons. The summed E-state index contributed by atoms with van der Waals surface area (Å²) in [6.07, 6.45) is 0. The van der Waals surface area contributed by atoms with Crippen LogP contribution in [0.15, 0.2) is 27.7 Å². The zero-order valence-electron chi connectivity index (χ0n) is 14.8. The van der Waals surface area contributed by atoms with E-state index in [4.69, 9.17) is 16.1 Å². The summed E-state index contributed by atoms with van der Waals surface area (Å²) in [6.45, 7) is 8.01. The molecule has 0 saturated carbocycles. The van der Waals surface area contributed by atoms with Gasteiger partial charge < -0.3 is 19.6 Å². The highest BCUT2D eigenvalue weighted by Crippen LogP contribution is 2.25. The second kappa shape index (κ2) is 7.74. The standard InChI is InChI=1S/C17H23ClN6O/c1-12-4-5-14(18)10-15(12)23-6-8-24(9-7-23)17(19-3)20-11-16-21-13(2)25-22-16/h4-5,10H,6-9,11H2,1-3H3,(H,19,20). The molecule has 0 atom stereocenters. The van der Waals surface area contributed by atoms with Crippen molar-refractivity contribution in [1.29, 1.82) is 0 Å². The number of nitrogens with zero attached hydrogens (tertiary/aromatic N) is 5. The molecular formula is C17H23ClN6O. The normalized spacial score (nSPS) is 15.6. The van der Waals surface area contributed by atoms with Crippen LogP contribution in [-0.2, 0) is 6.54 Å². The number of guanidine groups is 1. The van der Waals surface area contributed by atoms with Crippen molar-refractivity contribution in [3.63, 3.8) is 0 Å². The van der Waals surface area contributed by atoms with Crippen molar-refractivity contribution in [3.05, 3.63) is 40.5 Å². The molecule has 3 rings (SSSR count). The highest BCUT2D eigenvalue weighted by atomic mass is 35.5. The smallest absolute Gasteiger partial charge is 0.223 e. The van der Waals surface area contributed by atoms with E-state index in [0.29, 0.717) is 18.3 Å². The van der Waals surface area contributed by atoms with E-state index in [1.54, 1.807) is 14.0 Å². The van der Waals surface area contributed by atoms with Gasteiger partial charge in [-0.2, -0.15) is 4.98 Å². The quantitative estimate of drug-likeness (QED) is 0.667. The van der Waals surface area contributed by atoms with Crippen molar-refractivity contribution >= 4 is 23.2 Å². The molecule has 1 aromatic carbocycles. The molecular weight excluding hydrogens is 340 g/mol. The van der Waals surface area contributed by atoms with Crippen LogP contribution in [0.1, 0.15) is 17.3 Å². The summed E-state index contributed by atoms with van der Waals surface area (Å²) in [5.74, 6) is 2.05. The second-order valence-corrected chi connectivity index (χ2v) is 6.47. The first-order valence-corrected chi connectivity index (χ1v) is 8.70. The molecule has 0 unspecified atom stereocenters. The predicted molar refractivity (Wildman–Crippen MR) is 99.2 cm³/mol. The first kappa shape index (κ1) is 17.5. The van der Waals surface area contributed by atoms with Crippen LogP contribution in [0.2, 0.25) is 5.02 Å². The summed E-state index contributed by atoms with van der Waals surface area (Å²) in [5, 5.41) is 7.96. The molecule has 2 heterocycles. The lowest BCUT2D eigenvalue weighted by molar-refractivity contribution is 0.369. The van der Waals surface area contributed by atoms with E-state index in [9.17, 15) is 0 Å². The lowest BCUT2D eigenvalue weighted by atomic mass is 10.1. The highest BCUT2D eigenvalue weighted by molar-refractivity contribution is 6.30. The van der Waals surface area contributed by atoms with Crippen LogP contribution >= 0.6 is 11.6 Å². The highest BCUT2D eigenvalue weighted by Gasteiger charge is 2.21. The average Bonchev–Trinajstić information content (AvgIpc) is 3.03. The van der Waals surface area contributed by atoms with Crippen LogP contribution in [0.5, 0.6) is 0 Å². The monoisotopic (exact) mass is 362 g/mol. The molecule has 134 valence electrons. The van der Waals surface area contributed by atoms with Crippen LogP contribution in [0, 0.1) is 13.8 Å². The van der Waals surface area contributed by atoms with Crippen LogP contribution in [0.25, 0.3) is 0 Å². The number of hydrogen-bond acceptors (Lipinski definition) is 5. The molecule has 1 aromatic heterocycles. The number of anilines is 1. The molecule has 25 heavy (non-hydrogen) atoms. The number of nitrogens with one attached hydrogen (secondary N) is 1. The number of halogens is 1. The van der Waals surface area contributed by atoms with Crippen LogP contribution in [0.3, 0.4) is 0 Å². The number of aryl methyl sites for hydroxylation is 2. The van der Waals surface area contributed by atoms with Crippen LogP contribution < -0.4 is 10.2 Å². The molecule has 0 bridgehead atoms. The van der Waals surface area contributed by atoms with Gasteiger partial charge in [-0.25, -0.2) is 0 Å². The molecule has 1 saturated heterocycles. The summed E-state index contributed by atoms with van der Waals surface area (Å²) in [6, 6.07) is 6.04. The van der Waals surface area contributed by atoms with Gasteiger partial charge in [0.05, 0.1) is 6.54 Å². The molecule has 1 fully saturated rings. The molecule has 2 aromatic rings. The summed E-state index contributed by atoms with van der Waals surface area (Å²) >= 11 is 6.15. The number of benzene rings is 1. The van der Waals surface area contributed by atoms with Crippen molar-refractivity contribution in [1.82, 2.24) is 20.4 Å². The molecule has 0 spiro atoms. The third-order valence-electron chi connectivity index (χ3n) is 4.28. The third-order valence-corrected chi connectivity index (χ3v) is 4.51. The number of rotatable bonds is 3. The molecule has 8 heteroatoms. The van der Waals surface area contributed by atoms with Gasteiger partial charge in [0.15, 0.2) is 11.8 Å². The Balaban J connectivity index is 1.57. The zero-order chi connectivity index (χ0) is 17.8. The Morgan fingerprint density at radius 2 is 2.04 bits per heavy atom. The second-order valence-electron chi connectivity index (χ2n) is 6.04. The van der Waals surface area contributed by atoms with E-state index in [0.717, 1.165) is 37.2 Å². The van der Waals surface area contributed by atoms with Crippen molar-refractivity contribution < 1.29 is 4.52 Å². The number of aromatic nitrogens is 2. The van der Waals surface area contributed by atoms with Gasteiger partial charge in [-0.15, -0.1) is 0 Å². The first-order chi connectivity index (χ1) is 12.1. The Morgan fingerprint density at radius 3 is 2.68 bits per heavy atom. The van der Waals surface area contributed by atoms with Gasteiger partial charge in [0.2, 0.25) is 5.89 Å². The summed E-state index contributed by atoms with van der Waals surface area (Å²) in [7, 11) is 1.79. The maximum absolute atomic E-state index is 6.15. The van der Waals surface area contributed by atoms with E-state index in [2.05, 4.69) is 43.2 Å². The minimum atomic E-state index is 0.498. The number of aliphatic imine (C=N–C) groups is 1. The van der Waals surface area contributed by atoms with E-state index in [1.165, 1.54) is 11.3 Å². The Hall–Kier alpha value is -2.28. The van der Waals surface area contributed by atoms with Gasteiger partial charge in [-0.1, -0.05) is 22.8 Å². The van der Waals surface area contributed by atoms with E-state index >= 15 is 0 Å². The maximum atomic E-state index is 6.15. The molecule has 1 aliphatic heterocycles. The Kier molecular flexibility index (Phi) is 5.43. The fourth-order valence-corrected chi connectivity index (χ4v) is 3.15. The number of piperazine rings is 1. The van der Waals surface area contributed by atoms with Crippen molar-refractivity contribution in [2.24, 2.45) is 4.99 Å². The summed E-state index contributed by atoms with van der Waals surface area (Å²) in [5.41, 5.74) is 2.45. The maximum Gasteiger partial charge on any atom is 0.223 e. The molecule has 1 aliphatic rings. The van der Waals surface area contributed by atoms with E-state index < -0.39 is 0 Å². The lowest BCUT2D eigenvalue weighted by Crippen LogP contribution is -2.52. The van der Waals surface area contributed by atoms with Crippen LogP contribution in [-0.4, -0.2) is 54.2 Å². The SMILES string of the molecule is CN=C(NCc1noc(C)n1)N1CCN(c2cc(Cl)ccc2C)CC1. The minimum absolute atomic E-state index is 0.498. The summed E-state index contributed by atoms with van der Waals surface area (Å²) < 4.78 is 4.99. The molecule has 0 aliphatic carbocycles. The molecule has 7 nitrogen and oxygen atoms in total. The van der Waals surface area contributed by atoms with Crippen molar-refractivity contribution in [3.8, 4) is 0 Å².